The SMILES string of the molecule is COP(=S)(OC)Oc1cc(C(F)(F)F)cc(Cl)n1. The summed E-state index contributed by atoms with van der Waals surface area (Å²) in [6.45, 7) is -3.15. The predicted octanol–water partition coefficient (Wildman–Crippen LogP) is 3.65. The normalized spacial score (nSPS) is 12.6. The van der Waals surface area contributed by atoms with E-state index in [9.17, 15) is 13.2 Å². The Bertz CT molecular complexity index is 477. The van der Waals surface area contributed by atoms with E-state index in [4.69, 9.17) is 37.0 Å². The van der Waals surface area contributed by atoms with E-state index >= 15 is 0 Å². The fraction of sp³-hybridized carbons (Fsp3) is 0.375. The standard InChI is InChI=1S/C8H8ClF3NO3PS/c1-14-17(18,15-2)16-7-4-5(8(10,11)12)3-6(9)13-7/h3-4H,1-2H3. The van der Waals surface area contributed by atoms with Crippen LogP contribution in [0.15, 0.2) is 12.1 Å². The van der Waals surface area contributed by atoms with Crippen molar-refractivity contribution < 1.29 is 26.7 Å². The zero-order valence-electron chi connectivity index (χ0n) is 9.19. The Morgan fingerprint density at radius 1 is 1.28 bits per heavy atom. The molecule has 0 unspecified atom stereocenters. The van der Waals surface area contributed by atoms with Gasteiger partial charge in [0.1, 0.15) is 5.15 Å². The van der Waals surface area contributed by atoms with Crippen LogP contribution in [0.4, 0.5) is 13.2 Å². The van der Waals surface area contributed by atoms with Crippen molar-refractivity contribution in [3.05, 3.63) is 22.8 Å². The molecule has 102 valence electrons. The Morgan fingerprint density at radius 3 is 2.28 bits per heavy atom. The summed E-state index contributed by atoms with van der Waals surface area (Å²) in [5.74, 6) is -0.401. The molecule has 0 radical (unpaired) electrons. The zero-order valence-corrected chi connectivity index (χ0v) is 11.7. The lowest BCUT2D eigenvalue weighted by atomic mass is 10.2. The molecule has 0 saturated heterocycles. The van der Waals surface area contributed by atoms with Gasteiger partial charge in [-0.25, -0.2) is 4.98 Å². The molecule has 0 saturated carbocycles. The van der Waals surface area contributed by atoms with Gasteiger partial charge in [-0.2, -0.15) is 13.2 Å². The Kier molecular flexibility index (Phi) is 4.97. The summed E-state index contributed by atoms with van der Waals surface area (Å²) in [5.41, 5.74) is -0.994. The van der Waals surface area contributed by atoms with Gasteiger partial charge in [-0.1, -0.05) is 11.6 Å². The Hall–Kier alpha value is -0.400. The zero-order chi connectivity index (χ0) is 14.0. The molecule has 0 aliphatic heterocycles. The molecular weight excluding hydrogens is 314 g/mol. The maximum atomic E-state index is 12.5. The molecule has 0 aliphatic rings. The number of alkyl halides is 3. The average Bonchev–Trinajstić information content (AvgIpc) is 2.27. The van der Waals surface area contributed by atoms with Gasteiger partial charge in [0, 0.05) is 32.1 Å². The molecule has 1 aromatic rings. The summed E-state index contributed by atoms with van der Waals surface area (Å²) >= 11 is 10.3. The first kappa shape index (κ1) is 15.7. The van der Waals surface area contributed by atoms with E-state index in [-0.39, 0.29) is 5.15 Å². The van der Waals surface area contributed by atoms with Crippen molar-refractivity contribution >= 4 is 30.1 Å². The third-order valence-corrected chi connectivity index (χ3v) is 4.37. The molecule has 0 aliphatic carbocycles. The number of aromatic nitrogens is 1. The molecule has 0 amide bonds. The Morgan fingerprint density at radius 2 is 1.83 bits per heavy atom. The lowest BCUT2D eigenvalue weighted by Crippen LogP contribution is -2.07. The minimum atomic E-state index is -4.56. The highest BCUT2D eigenvalue weighted by Gasteiger charge is 2.32. The van der Waals surface area contributed by atoms with Crippen LogP contribution < -0.4 is 4.52 Å². The Labute approximate surface area is 111 Å². The van der Waals surface area contributed by atoms with Gasteiger partial charge in [-0.15, -0.1) is 0 Å². The van der Waals surface area contributed by atoms with Crippen LogP contribution in [0.3, 0.4) is 0 Å². The lowest BCUT2D eigenvalue weighted by Gasteiger charge is -2.18. The second-order valence-electron chi connectivity index (χ2n) is 2.92. The summed E-state index contributed by atoms with van der Waals surface area (Å²) < 4.78 is 52.1. The maximum Gasteiger partial charge on any atom is 0.416 e. The predicted molar refractivity (Wildman–Crippen MR) is 63.2 cm³/mol. The maximum absolute atomic E-state index is 12.5. The molecule has 18 heavy (non-hydrogen) atoms. The number of hydrogen-bond donors (Lipinski definition) is 0. The smallest absolute Gasteiger partial charge is 0.406 e. The van der Waals surface area contributed by atoms with Gasteiger partial charge in [-0.3, -0.25) is 0 Å². The van der Waals surface area contributed by atoms with Crippen molar-refractivity contribution in [2.45, 2.75) is 6.18 Å². The van der Waals surface area contributed by atoms with Crippen molar-refractivity contribution in [2.75, 3.05) is 14.2 Å². The fourth-order valence-corrected chi connectivity index (χ4v) is 2.00. The summed E-state index contributed by atoms with van der Waals surface area (Å²) in [5, 5.41) is -0.367. The topological polar surface area (TPSA) is 40.6 Å². The van der Waals surface area contributed by atoms with E-state index < -0.39 is 24.3 Å². The van der Waals surface area contributed by atoms with Gasteiger partial charge in [0.05, 0.1) is 5.56 Å². The van der Waals surface area contributed by atoms with E-state index in [1.807, 2.05) is 0 Å². The van der Waals surface area contributed by atoms with Gasteiger partial charge in [-0.05, 0) is 6.07 Å². The van der Waals surface area contributed by atoms with E-state index in [0.717, 1.165) is 0 Å². The summed E-state index contributed by atoms with van der Waals surface area (Å²) in [6, 6.07) is 1.35. The molecule has 10 heteroatoms. The van der Waals surface area contributed by atoms with Crippen LogP contribution >= 0.6 is 18.3 Å². The quantitative estimate of drug-likeness (QED) is 0.625. The van der Waals surface area contributed by atoms with E-state index in [1.165, 1.54) is 14.2 Å². The molecule has 0 aromatic carbocycles. The summed E-state index contributed by atoms with van der Waals surface area (Å²) in [6.07, 6.45) is -4.56. The third kappa shape index (κ3) is 4.07. The highest BCUT2D eigenvalue weighted by atomic mass is 35.5. The minimum absolute atomic E-state index is 0.367. The third-order valence-electron chi connectivity index (χ3n) is 1.75. The first-order chi connectivity index (χ1) is 8.20. The number of hydrogen-bond acceptors (Lipinski definition) is 5. The molecule has 0 atom stereocenters. The van der Waals surface area contributed by atoms with E-state index in [0.29, 0.717) is 12.1 Å². The van der Waals surface area contributed by atoms with Crippen molar-refractivity contribution in [1.82, 2.24) is 4.98 Å². The van der Waals surface area contributed by atoms with Crippen LogP contribution in [0, 0.1) is 0 Å². The number of nitrogens with zero attached hydrogens (tertiary/aromatic N) is 1. The van der Waals surface area contributed by atoms with E-state index in [1.54, 1.807) is 0 Å². The average molecular weight is 322 g/mol. The first-order valence-electron chi connectivity index (χ1n) is 4.36. The molecule has 0 spiro atoms. The van der Waals surface area contributed by atoms with Gasteiger partial charge < -0.3 is 13.6 Å². The minimum Gasteiger partial charge on any atom is -0.406 e. The molecule has 1 aromatic heterocycles. The highest BCUT2D eigenvalue weighted by molar-refractivity contribution is 8.07. The van der Waals surface area contributed by atoms with Gasteiger partial charge in [0.25, 0.3) is 0 Å². The van der Waals surface area contributed by atoms with Crippen molar-refractivity contribution in [3.63, 3.8) is 0 Å². The van der Waals surface area contributed by atoms with Gasteiger partial charge >= 0.3 is 12.9 Å². The number of pyridine rings is 1. The number of rotatable bonds is 4. The fourth-order valence-electron chi connectivity index (χ4n) is 0.947. The first-order valence-corrected chi connectivity index (χ1v) is 7.29. The second-order valence-corrected chi connectivity index (χ2v) is 6.45. The molecule has 1 rings (SSSR count). The molecule has 0 fully saturated rings. The molecule has 1 heterocycles. The van der Waals surface area contributed by atoms with Crippen LogP contribution in [0.5, 0.6) is 5.88 Å². The molecule has 0 bridgehead atoms. The lowest BCUT2D eigenvalue weighted by molar-refractivity contribution is -0.137. The molecule has 4 nitrogen and oxygen atoms in total. The molecular formula is C8H8ClF3NO3PS. The summed E-state index contributed by atoms with van der Waals surface area (Å²) in [7, 11) is 2.44. The van der Waals surface area contributed by atoms with Gasteiger partial charge in [0.2, 0.25) is 5.88 Å². The van der Waals surface area contributed by atoms with Crippen molar-refractivity contribution in [2.24, 2.45) is 0 Å². The monoisotopic (exact) mass is 321 g/mol. The second kappa shape index (κ2) is 5.71. The highest BCUT2D eigenvalue weighted by Crippen LogP contribution is 2.48. The van der Waals surface area contributed by atoms with Crippen molar-refractivity contribution in [1.29, 1.82) is 0 Å². The van der Waals surface area contributed by atoms with Crippen LogP contribution in [-0.4, -0.2) is 19.2 Å². The van der Waals surface area contributed by atoms with Gasteiger partial charge in [0.15, 0.2) is 0 Å². The van der Waals surface area contributed by atoms with Crippen LogP contribution in [0.2, 0.25) is 5.15 Å². The van der Waals surface area contributed by atoms with E-state index in [2.05, 4.69) is 4.98 Å². The Balaban J connectivity index is 3.12. The van der Waals surface area contributed by atoms with Crippen molar-refractivity contribution in [3.8, 4) is 5.88 Å². The number of halogens is 4. The van der Waals surface area contributed by atoms with Crippen LogP contribution in [0.1, 0.15) is 5.56 Å². The van der Waals surface area contributed by atoms with Crippen LogP contribution in [0.25, 0.3) is 0 Å². The summed E-state index contributed by atoms with van der Waals surface area (Å²) in [4.78, 5) is 3.57. The largest absolute Gasteiger partial charge is 0.416 e. The van der Waals surface area contributed by atoms with Crippen LogP contribution in [-0.2, 0) is 27.0 Å². The molecule has 0 N–H and O–H groups in total.